The quantitative estimate of drug-likeness (QED) is 0.896. The fourth-order valence-electron chi connectivity index (χ4n) is 5.14. The van der Waals surface area contributed by atoms with E-state index in [1.807, 2.05) is 4.90 Å². The predicted octanol–water partition coefficient (Wildman–Crippen LogP) is 1.43. The number of carbonyl (C=O) groups excluding carboxylic acids is 1. The smallest absolute Gasteiger partial charge is 0.308 e. The summed E-state index contributed by atoms with van der Waals surface area (Å²) in [6, 6.07) is -0.111. The fourth-order valence-corrected chi connectivity index (χ4v) is 5.14. The van der Waals surface area contributed by atoms with Crippen LogP contribution in [-0.2, 0) is 22.6 Å². The van der Waals surface area contributed by atoms with Crippen molar-refractivity contribution in [3.63, 3.8) is 0 Å². The maximum atomic E-state index is 13.2. The van der Waals surface area contributed by atoms with Gasteiger partial charge in [-0.3, -0.25) is 9.59 Å². The third kappa shape index (κ3) is 2.47. The van der Waals surface area contributed by atoms with Gasteiger partial charge in [-0.25, -0.2) is 0 Å². The lowest BCUT2D eigenvalue weighted by Crippen LogP contribution is -2.58. The van der Waals surface area contributed by atoms with Gasteiger partial charge in [0.25, 0.3) is 0 Å². The Hall–Kier alpha value is -1.92. The highest BCUT2D eigenvalue weighted by Gasteiger charge is 2.47. The Balaban J connectivity index is 1.36. The van der Waals surface area contributed by atoms with Crippen molar-refractivity contribution in [2.24, 2.45) is 17.8 Å². The van der Waals surface area contributed by atoms with E-state index < -0.39 is 5.97 Å². The molecular formula is C18H24N4O3. The number of carboxylic acids is 1. The van der Waals surface area contributed by atoms with Gasteiger partial charge in [0, 0.05) is 31.5 Å². The number of amides is 1. The van der Waals surface area contributed by atoms with Crippen LogP contribution in [0, 0.1) is 17.8 Å². The summed E-state index contributed by atoms with van der Waals surface area (Å²) in [7, 11) is 0. The summed E-state index contributed by atoms with van der Waals surface area (Å²) in [5, 5.41) is 18.2. The van der Waals surface area contributed by atoms with Gasteiger partial charge in [-0.2, -0.15) is 0 Å². The zero-order chi connectivity index (χ0) is 17.1. The Bertz CT molecular complexity index is 726. The minimum Gasteiger partial charge on any atom is -0.481 e. The van der Waals surface area contributed by atoms with E-state index in [-0.39, 0.29) is 23.8 Å². The molecule has 1 aromatic rings. The number of hydrogen-bond acceptors (Lipinski definition) is 4. The Morgan fingerprint density at radius 3 is 2.60 bits per heavy atom. The molecule has 0 spiro atoms. The molecule has 1 unspecified atom stereocenters. The van der Waals surface area contributed by atoms with Crippen molar-refractivity contribution in [2.75, 3.05) is 6.54 Å². The standard InChI is InChI=1S/C18H24N4O3/c23-17(21-8-10-1-5-14(21)13(7-10)18(24)25)12-4-6-15-19-20-16(11-2-3-11)22(15)9-12/h10-14H,1-9H2,(H,24,25)/t10-,12?,13-,14+/m1/s1. The Kier molecular flexibility index (Phi) is 3.40. The Morgan fingerprint density at radius 1 is 1.04 bits per heavy atom. The van der Waals surface area contributed by atoms with Gasteiger partial charge in [-0.1, -0.05) is 0 Å². The number of fused-ring (bicyclic) bond motifs is 4. The van der Waals surface area contributed by atoms with Crippen molar-refractivity contribution in [2.45, 2.75) is 63.5 Å². The van der Waals surface area contributed by atoms with Gasteiger partial charge in [0.05, 0.1) is 11.8 Å². The molecule has 6 rings (SSSR count). The maximum Gasteiger partial charge on any atom is 0.308 e. The molecule has 2 bridgehead atoms. The van der Waals surface area contributed by atoms with Crippen LogP contribution in [0.2, 0.25) is 0 Å². The lowest BCUT2D eigenvalue weighted by atomic mass is 9.72. The Morgan fingerprint density at radius 2 is 1.88 bits per heavy atom. The van der Waals surface area contributed by atoms with Crippen molar-refractivity contribution < 1.29 is 14.7 Å². The fraction of sp³-hybridized carbons (Fsp3) is 0.778. The largest absolute Gasteiger partial charge is 0.481 e. The highest BCUT2D eigenvalue weighted by Crippen LogP contribution is 2.42. The van der Waals surface area contributed by atoms with Crippen LogP contribution in [-0.4, -0.2) is 49.2 Å². The molecule has 134 valence electrons. The number of carboxylic acid groups (broad SMARTS) is 1. The number of aryl methyl sites for hydroxylation is 1. The van der Waals surface area contributed by atoms with Crippen LogP contribution in [0.3, 0.4) is 0 Å². The number of rotatable bonds is 3. The molecule has 4 fully saturated rings. The molecule has 2 saturated carbocycles. The minimum atomic E-state index is -0.743. The molecule has 0 radical (unpaired) electrons. The molecule has 2 aliphatic carbocycles. The molecule has 4 atom stereocenters. The SMILES string of the molecule is O=C(O)[C@@H]1C[C@H]2CC[C@@H]1N(C(=O)C1CCc3nnc(C4CC4)n3C1)C2. The van der Waals surface area contributed by atoms with Gasteiger partial charge in [0.1, 0.15) is 11.6 Å². The van der Waals surface area contributed by atoms with Crippen LogP contribution >= 0.6 is 0 Å². The number of piperidine rings is 2. The van der Waals surface area contributed by atoms with E-state index in [1.54, 1.807) is 0 Å². The summed E-state index contributed by atoms with van der Waals surface area (Å²) in [6.45, 7) is 1.41. The normalized spacial score (nSPS) is 34.0. The molecular weight excluding hydrogens is 320 g/mol. The van der Waals surface area contributed by atoms with Crippen molar-refractivity contribution in [3.05, 3.63) is 11.6 Å². The first-order chi connectivity index (χ1) is 12.1. The van der Waals surface area contributed by atoms with E-state index in [0.29, 0.717) is 18.4 Å². The van der Waals surface area contributed by atoms with Crippen LogP contribution in [0.15, 0.2) is 0 Å². The topological polar surface area (TPSA) is 88.3 Å². The number of aromatic nitrogens is 3. The van der Waals surface area contributed by atoms with Crippen LogP contribution in [0.4, 0.5) is 0 Å². The summed E-state index contributed by atoms with van der Waals surface area (Å²) in [6.07, 6.45) is 6.57. The molecule has 5 aliphatic rings. The summed E-state index contributed by atoms with van der Waals surface area (Å²) in [5.74, 6) is 1.91. The number of carbonyl (C=O) groups is 2. The Labute approximate surface area is 146 Å². The van der Waals surface area contributed by atoms with Crippen LogP contribution in [0.5, 0.6) is 0 Å². The molecule has 7 nitrogen and oxygen atoms in total. The van der Waals surface area contributed by atoms with Crippen molar-refractivity contribution in [1.29, 1.82) is 0 Å². The summed E-state index contributed by atoms with van der Waals surface area (Å²) in [5.41, 5.74) is 0. The highest BCUT2D eigenvalue weighted by atomic mass is 16.4. The van der Waals surface area contributed by atoms with Gasteiger partial charge in [-0.05, 0) is 44.4 Å². The summed E-state index contributed by atoms with van der Waals surface area (Å²) >= 11 is 0. The van der Waals surface area contributed by atoms with Crippen molar-refractivity contribution in [1.82, 2.24) is 19.7 Å². The van der Waals surface area contributed by atoms with E-state index in [9.17, 15) is 14.7 Å². The van der Waals surface area contributed by atoms with Crippen molar-refractivity contribution >= 4 is 11.9 Å². The third-order valence-corrected chi connectivity index (χ3v) is 6.65. The molecule has 25 heavy (non-hydrogen) atoms. The molecule has 7 heteroatoms. The molecule has 0 aromatic carbocycles. The lowest BCUT2D eigenvalue weighted by Gasteiger charge is -2.49. The average Bonchev–Trinajstić information content (AvgIpc) is 3.40. The number of aliphatic carboxylic acids is 1. The van der Waals surface area contributed by atoms with E-state index in [4.69, 9.17) is 0 Å². The lowest BCUT2D eigenvalue weighted by molar-refractivity contribution is -0.158. The molecule has 3 aliphatic heterocycles. The second-order valence-corrected chi connectivity index (χ2v) is 8.28. The number of hydrogen-bond donors (Lipinski definition) is 1. The molecule has 4 heterocycles. The summed E-state index contributed by atoms with van der Waals surface area (Å²) in [4.78, 5) is 26.7. The van der Waals surface area contributed by atoms with Crippen molar-refractivity contribution in [3.8, 4) is 0 Å². The minimum absolute atomic E-state index is 0.0604. The second-order valence-electron chi connectivity index (χ2n) is 8.28. The zero-order valence-corrected chi connectivity index (χ0v) is 14.3. The molecule has 2 saturated heterocycles. The average molecular weight is 344 g/mol. The molecule has 1 amide bonds. The van der Waals surface area contributed by atoms with Gasteiger partial charge in [0.15, 0.2) is 0 Å². The van der Waals surface area contributed by atoms with Crippen LogP contribution < -0.4 is 0 Å². The monoisotopic (exact) mass is 344 g/mol. The predicted molar refractivity (Wildman–Crippen MR) is 87.8 cm³/mol. The first kappa shape index (κ1) is 15.3. The van der Waals surface area contributed by atoms with Gasteiger partial charge < -0.3 is 14.6 Å². The number of nitrogens with zero attached hydrogens (tertiary/aromatic N) is 4. The van der Waals surface area contributed by atoms with Crippen LogP contribution in [0.1, 0.15) is 56.1 Å². The third-order valence-electron chi connectivity index (χ3n) is 6.65. The zero-order valence-electron chi connectivity index (χ0n) is 14.3. The molecule has 1 aromatic heterocycles. The van der Waals surface area contributed by atoms with Gasteiger partial charge >= 0.3 is 5.97 Å². The highest BCUT2D eigenvalue weighted by molar-refractivity contribution is 5.81. The first-order valence-electron chi connectivity index (χ1n) is 9.57. The maximum absolute atomic E-state index is 13.2. The first-order valence-corrected chi connectivity index (χ1v) is 9.57. The van der Waals surface area contributed by atoms with Crippen LogP contribution in [0.25, 0.3) is 0 Å². The van der Waals surface area contributed by atoms with E-state index in [0.717, 1.165) is 50.3 Å². The van der Waals surface area contributed by atoms with E-state index >= 15 is 0 Å². The summed E-state index contributed by atoms with van der Waals surface area (Å²) < 4.78 is 2.17. The van der Waals surface area contributed by atoms with E-state index in [1.165, 1.54) is 12.8 Å². The van der Waals surface area contributed by atoms with Gasteiger partial charge in [0.2, 0.25) is 5.91 Å². The van der Waals surface area contributed by atoms with E-state index in [2.05, 4.69) is 14.8 Å². The molecule has 1 N–H and O–H groups in total. The van der Waals surface area contributed by atoms with Gasteiger partial charge in [-0.15, -0.1) is 10.2 Å². The second kappa shape index (κ2) is 5.54.